The molecule has 5 heteroatoms. The summed E-state index contributed by atoms with van der Waals surface area (Å²) in [6.07, 6.45) is 2.70. The lowest BCUT2D eigenvalue weighted by atomic mass is 10.0. The highest BCUT2D eigenvalue weighted by Crippen LogP contribution is 2.22. The topological polar surface area (TPSA) is 59.6 Å². The molecule has 0 aliphatic carbocycles. The van der Waals surface area contributed by atoms with E-state index >= 15 is 0 Å². The van der Waals surface area contributed by atoms with Gasteiger partial charge in [0.1, 0.15) is 6.61 Å². The highest BCUT2D eigenvalue weighted by Gasteiger charge is 2.20. The van der Waals surface area contributed by atoms with Gasteiger partial charge in [0.15, 0.2) is 0 Å². The molecule has 0 radical (unpaired) electrons. The average molecular weight is 290 g/mol. The van der Waals surface area contributed by atoms with Gasteiger partial charge in [-0.3, -0.25) is 4.79 Å². The second kappa shape index (κ2) is 6.91. The number of hydrogen-bond donors (Lipinski definition) is 2. The van der Waals surface area contributed by atoms with Crippen LogP contribution < -0.4 is 10.6 Å². The Labute approximate surface area is 125 Å². The molecule has 0 saturated carbocycles. The zero-order chi connectivity index (χ0) is 14.5. The third-order valence-electron chi connectivity index (χ3n) is 4.02. The number of ether oxygens (including phenoxy) is 2. The molecule has 1 fully saturated rings. The second-order valence-electron chi connectivity index (χ2n) is 5.63. The minimum absolute atomic E-state index is 0.0271. The molecule has 1 aromatic rings. The number of rotatable bonds is 4. The summed E-state index contributed by atoms with van der Waals surface area (Å²) in [6, 6.07) is 8.46. The molecule has 1 unspecified atom stereocenters. The quantitative estimate of drug-likeness (QED) is 0.878. The monoisotopic (exact) mass is 290 g/mol. The molecule has 5 nitrogen and oxygen atoms in total. The Hall–Kier alpha value is -1.59. The predicted molar refractivity (Wildman–Crippen MR) is 80.4 cm³/mol. The summed E-state index contributed by atoms with van der Waals surface area (Å²) >= 11 is 0. The molecule has 3 rings (SSSR count). The van der Waals surface area contributed by atoms with Gasteiger partial charge >= 0.3 is 0 Å². The number of para-hydroxylation sites is 1. The Morgan fingerprint density at radius 2 is 2.14 bits per heavy atom. The number of carbonyl (C=O) groups excluding carboxylic acids is 1. The van der Waals surface area contributed by atoms with Crippen LogP contribution in [0.25, 0.3) is 0 Å². The van der Waals surface area contributed by atoms with Gasteiger partial charge in [0.2, 0.25) is 5.91 Å². The minimum atomic E-state index is -0.0271. The molecule has 1 aromatic carbocycles. The van der Waals surface area contributed by atoms with Crippen molar-refractivity contribution in [2.24, 2.45) is 0 Å². The third-order valence-corrected chi connectivity index (χ3v) is 4.02. The summed E-state index contributed by atoms with van der Waals surface area (Å²) in [7, 11) is 0. The van der Waals surface area contributed by atoms with Crippen LogP contribution >= 0.6 is 0 Å². The zero-order valence-electron chi connectivity index (χ0n) is 12.1. The van der Waals surface area contributed by atoms with Crippen molar-refractivity contribution in [2.75, 3.05) is 31.7 Å². The van der Waals surface area contributed by atoms with E-state index in [1.807, 2.05) is 12.1 Å². The number of benzene rings is 1. The van der Waals surface area contributed by atoms with Crippen LogP contribution in [0.3, 0.4) is 0 Å². The molecule has 2 heterocycles. The van der Waals surface area contributed by atoms with Crippen molar-refractivity contribution in [1.29, 1.82) is 0 Å². The minimum Gasteiger partial charge on any atom is -0.382 e. The van der Waals surface area contributed by atoms with Crippen LogP contribution in [0.4, 0.5) is 5.69 Å². The Balaban J connectivity index is 1.42. The highest BCUT2D eigenvalue weighted by atomic mass is 16.5. The first-order chi connectivity index (χ1) is 10.3. The van der Waals surface area contributed by atoms with Gasteiger partial charge in [-0.1, -0.05) is 18.2 Å². The first-order valence-corrected chi connectivity index (χ1v) is 7.62. The van der Waals surface area contributed by atoms with E-state index in [9.17, 15) is 4.79 Å². The van der Waals surface area contributed by atoms with Gasteiger partial charge in [0.25, 0.3) is 0 Å². The number of hydrogen-bond acceptors (Lipinski definition) is 4. The fourth-order valence-electron chi connectivity index (χ4n) is 2.83. The van der Waals surface area contributed by atoms with Crippen LogP contribution in [-0.4, -0.2) is 44.4 Å². The molecular weight excluding hydrogens is 268 g/mol. The Morgan fingerprint density at radius 1 is 1.33 bits per heavy atom. The molecule has 0 bridgehead atoms. The normalized spacial score (nSPS) is 22.2. The molecule has 1 amide bonds. The van der Waals surface area contributed by atoms with Crippen molar-refractivity contribution in [3.05, 3.63) is 29.8 Å². The van der Waals surface area contributed by atoms with Gasteiger partial charge in [-0.05, 0) is 24.5 Å². The van der Waals surface area contributed by atoms with E-state index < -0.39 is 0 Å². The number of amides is 1. The standard InChI is InChI=1S/C16H22N2O3/c19-16(18-13-5-7-20-8-6-13)11-21-14-9-12-3-1-2-4-15(12)17-10-14/h1-4,13-14,17H,5-11H2,(H,18,19). The second-order valence-corrected chi connectivity index (χ2v) is 5.63. The van der Waals surface area contributed by atoms with Crippen molar-refractivity contribution in [3.8, 4) is 0 Å². The van der Waals surface area contributed by atoms with Crippen LogP contribution in [0.15, 0.2) is 24.3 Å². The van der Waals surface area contributed by atoms with Gasteiger partial charge in [0.05, 0.1) is 6.10 Å². The van der Waals surface area contributed by atoms with E-state index in [0.29, 0.717) is 0 Å². The Morgan fingerprint density at radius 3 is 3.00 bits per heavy atom. The van der Waals surface area contributed by atoms with Crippen LogP contribution in [0.2, 0.25) is 0 Å². The van der Waals surface area contributed by atoms with E-state index in [4.69, 9.17) is 9.47 Å². The van der Waals surface area contributed by atoms with Crippen LogP contribution in [0.1, 0.15) is 18.4 Å². The first kappa shape index (κ1) is 14.4. The fourth-order valence-corrected chi connectivity index (χ4v) is 2.83. The molecule has 2 aliphatic rings. The van der Waals surface area contributed by atoms with Crippen molar-refractivity contribution in [3.63, 3.8) is 0 Å². The summed E-state index contributed by atoms with van der Waals surface area (Å²) in [5.74, 6) is -0.0271. The van der Waals surface area contributed by atoms with E-state index in [0.717, 1.165) is 39.0 Å². The summed E-state index contributed by atoms with van der Waals surface area (Å²) < 4.78 is 11.0. The predicted octanol–water partition coefficient (Wildman–Crippen LogP) is 1.33. The lowest BCUT2D eigenvalue weighted by molar-refractivity contribution is -0.128. The van der Waals surface area contributed by atoms with Crippen LogP contribution in [0.5, 0.6) is 0 Å². The maximum atomic E-state index is 11.9. The van der Waals surface area contributed by atoms with Crippen LogP contribution in [-0.2, 0) is 20.7 Å². The third kappa shape index (κ3) is 3.95. The number of carbonyl (C=O) groups is 1. The largest absolute Gasteiger partial charge is 0.382 e. The van der Waals surface area contributed by atoms with E-state index in [1.165, 1.54) is 11.3 Å². The zero-order valence-corrected chi connectivity index (χ0v) is 12.1. The first-order valence-electron chi connectivity index (χ1n) is 7.62. The van der Waals surface area contributed by atoms with Gasteiger partial charge in [-0.25, -0.2) is 0 Å². The molecule has 0 aromatic heterocycles. The van der Waals surface area contributed by atoms with Crippen molar-refractivity contribution < 1.29 is 14.3 Å². The van der Waals surface area contributed by atoms with Gasteiger partial charge < -0.3 is 20.1 Å². The van der Waals surface area contributed by atoms with Gasteiger partial charge in [0, 0.05) is 37.9 Å². The van der Waals surface area contributed by atoms with E-state index in [1.54, 1.807) is 0 Å². The fraction of sp³-hybridized carbons (Fsp3) is 0.562. The molecule has 1 atom stereocenters. The molecule has 2 aliphatic heterocycles. The Bertz CT molecular complexity index is 486. The molecule has 21 heavy (non-hydrogen) atoms. The molecular formula is C16H22N2O3. The highest BCUT2D eigenvalue weighted by molar-refractivity contribution is 5.77. The summed E-state index contributed by atoms with van der Waals surface area (Å²) in [4.78, 5) is 11.9. The molecule has 0 spiro atoms. The summed E-state index contributed by atoms with van der Waals surface area (Å²) in [6.45, 7) is 2.34. The Kier molecular flexibility index (Phi) is 4.72. The summed E-state index contributed by atoms with van der Waals surface area (Å²) in [5, 5.41) is 6.36. The number of anilines is 1. The number of nitrogens with one attached hydrogen (secondary N) is 2. The lowest BCUT2D eigenvalue weighted by Gasteiger charge is -2.27. The van der Waals surface area contributed by atoms with Crippen molar-refractivity contribution in [2.45, 2.75) is 31.4 Å². The van der Waals surface area contributed by atoms with E-state index in [2.05, 4.69) is 22.8 Å². The number of fused-ring (bicyclic) bond motifs is 1. The van der Waals surface area contributed by atoms with Crippen molar-refractivity contribution in [1.82, 2.24) is 5.32 Å². The van der Waals surface area contributed by atoms with Crippen LogP contribution in [0, 0.1) is 0 Å². The van der Waals surface area contributed by atoms with Gasteiger partial charge in [-0.2, -0.15) is 0 Å². The molecule has 114 valence electrons. The SMILES string of the molecule is O=C(COC1CNc2ccccc2C1)NC1CCOCC1. The van der Waals surface area contributed by atoms with Crippen molar-refractivity contribution >= 4 is 11.6 Å². The maximum Gasteiger partial charge on any atom is 0.246 e. The maximum absolute atomic E-state index is 11.9. The van der Waals surface area contributed by atoms with E-state index in [-0.39, 0.29) is 24.7 Å². The smallest absolute Gasteiger partial charge is 0.246 e. The molecule has 2 N–H and O–H groups in total. The lowest BCUT2D eigenvalue weighted by Crippen LogP contribution is -2.42. The average Bonchev–Trinajstić information content (AvgIpc) is 2.54. The molecule has 1 saturated heterocycles. The van der Waals surface area contributed by atoms with Gasteiger partial charge in [-0.15, -0.1) is 0 Å². The summed E-state index contributed by atoms with van der Waals surface area (Å²) in [5.41, 5.74) is 2.42.